The minimum absolute atomic E-state index is 0.144. The van der Waals surface area contributed by atoms with Crippen molar-refractivity contribution in [2.24, 2.45) is 5.92 Å². The maximum absolute atomic E-state index is 13.1. The van der Waals surface area contributed by atoms with Gasteiger partial charge in [0.2, 0.25) is 0 Å². The molecule has 202 valence electrons. The molecule has 0 radical (unpaired) electrons. The number of rotatable bonds is 1. The maximum Gasteiger partial charge on any atom is 0.282 e. The number of nitrogens with zero attached hydrogens (tertiary/aromatic N) is 3. The summed E-state index contributed by atoms with van der Waals surface area (Å²) in [5.41, 5.74) is 4.54. The molecular formula is C33H42ClN3O. The summed E-state index contributed by atoms with van der Waals surface area (Å²) in [6.07, 6.45) is 15.6. The van der Waals surface area contributed by atoms with Crippen LogP contribution in [0, 0.1) is 5.92 Å². The van der Waals surface area contributed by atoms with Crippen molar-refractivity contribution in [1.29, 1.82) is 0 Å². The minimum atomic E-state index is -0.194. The second kappa shape index (κ2) is 10.8. The van der Waals surface area contributed by atoms with Crippen LogP contribution in [-0.2, 0) is 5.41 Å². The van der Waals surface area contributed by atoms with E-state index in [2.05, 4.69) is 41.6 Å². The van der Waals surface area contributed by atoms with Crippen LogP contribution >= 0.6 is 11.6 Å². The van der Waals surface area contributed by atoms with Gasteiger partial charge in [-0.3, -0.25) is 9.36 Å². The van der Waals surface area contributed by atoms with Crippen molar-refractivity contribution in [2.45, 2.75) is 95.3 Å². The van der Waals surface area contributed by atoms with E-state index in [9.17, 15) is 4.79 Å². The largest absolute Gasteiger partial charge is 0.306 e. The van der Waals surface area contributed by atoms with Gasteiger partial charge in [0.15, 0.2) is 0 Å². The molecule has 3 aromatic rings. The Morgan fingerprint density at radius 1 is 0.921 bits per heavy atom. The van der Waals surface area contributed by atoms with E-state index in [0.717, 1.165) is 43.2 Å². The molecule has 2 saturated carbocycles. The molecule has 2 aliphatic carbocycles. The lowest BCUT2D eigenvalue weighted by atomic mass is 9.69. The summed E-state index contributed by atoms with van der Waals surface area (Å²) >= 11 is 6.48. The molecule has 5 heteroatoms. The van der Waals surface area contributed by atoms with E-state index in [1.165, 1.54) is 81.0 Å². The number of benzene rings is 2. The Balaban J connectivity index is 0.000000330. The summed E-state index contributed by atoms with van der Waals surface area (Å²) in [4.78, 5) is 20.2. The standard InChI is InChI=1S/C26H28ClN3O.C7H14/c1-29-14-10-17(11-15-29)18-8-9-19-22(16-18)30-21-7-5-6-20(27)23(21)24(31)28-25(30)26(19)12-3-2-4-13-26;1-7-5-3-2-4-6-7/h5-9,16-17H,2-4,10-15H2,1H3;7H,2-6H2,1H3. The predicted octanol–water partition coefficient (Wildman–Crippen LogP) is 8.00. The van der Waals surface area contributed by atoms with Crippen molar-refractivity contribution >= 4 is 22.5 Å². The van der Waals surface area contributed by atoms with Gasteiger partial charge in [-0.1, -0.05) is 88.1 Å². The molecule has 1 aromatic heterocycles. The molecular weight excluding hydrogens is 490 g/mol. The molecule has 1 saturated heterocycles. The number of likely N-dealkylation sites (tertiary alicyclic amines) is 1. The van der Waals surface area contributed by atoms with Gasteiger partial charge < -0.3 is 4.90 Å². The normalized spacial score (nSPS) is 21.7. The van der Waals surface area contributed by atoms with Crippen LogP contribution in [-0.4, -0.2) is 34.6 Å². The van der Waals surface area contributed by atoms with Gasteiger partial charge in [0.25, 0.3) is 5.56 Å². The second-order valence-electron chi connectivity index (χ2n) is 12.5. The van der Waals surface area contributed by atoms with Gasteiger partial charge in [0, 0.05) is 0 Å². The zero-order chi connectivity index (χ0) is 26.3. The van der Waals surface area contributed by atoms with E-state index in [1.54, 1.807) is 6.07 Å². The summed E-state index contributed by atoms with van der Waals surface area (Å²) < 4.78 is 2.27. The van der Waals surface area contributed by atoms with Gasteiger partial charge in [0.05, 0.1) is 27.0 Å². The third-order valence-corrected chi connectivity index (χ3v) is 10.2. The average Bonchev–Trinajstić information content (AvgIpc) is 3.18. The highest BCUT2D eigenvalue weighted by Gasteiger charge is 2.46. The van der Waals surface area contributed by atoms with E-state index >= 15 is 0 Å². The highest BCUT2D eigenvalue weighted by molar-refractivity contribution is 6.35. The highest BCUT2D eigenvalue weighted by atomic mass is 35.5. The number of piperidine rings is 1. The van der Waals surface area contributed by atoms with Crippen LogP contribution < -0.4 is 5.56 Å². The third kappa shape index (κ3) is 4.62. The van der Waals surface area contributed by atoms with Crippen LogP contribution in [0.25, 0.3) is 16.6 Å². The van der Waals surface area contributed by atoms with Crippen molar-refractivity contribution in [3.63, 3.8) is 0 Å². The molecule has 2 aliphatic heterocycles. The number of halogens is 1. The zero-order valence-electron chi connectivity index (χ0n) is 23.1. The van der Waals surface area contributed by atoms with Crippen LogP contribution in [0.15, 0.2) is 41.2 Å². The quantitative estimate of drug-likeness (QED) is 0.319. The Kier molecular flexibility index (Phi) is 7.39. The molecule has 3 fully saturated rings. The van der Waals surface area contributed by atoms with E-state index in [4.69, 9.17) is 16.6 Å². The monoisotopic (exact) mass is 531 g/mol. The number of hydrogen-bond acceptors (Lipinski definition) is 3. The van der Waals surface area contributed by atoms with E-state index in [0.29, 0.717) is 16.3 Å². The van der Waals surface area contributed by atoms with Gasteiger partial charge in [-0.2, -0.15) is 4.98 Å². The first-order valence-electron chi connectivity index (χ1n) is 15.0. The topological polar surface area (TPSA) is 38.1 Å². The lowest BCUT2D eigenvalue weighted by Crippen LogP contribution is -2.32. The van der Waals surface area contributed by atoms with Crippen LogP contribution in [0.5, 0.6) is 0 Å². The lowest BCUT2D eigenvalue weighted by molar-refractivity contribution is 0.255. The average molecular weight is 532 g/mol. The summed E-state index contributed by atoms with van der Waals surface area (Å²) in [6, 6.07) is 12.9. The maximum atomic E-state index is 13.1. The number of aromatic nitrogens is 2. The molecule has 38 heavy (non-hydrogen) atoms. The van der Waals surface area contributed by atoms with Gasteiger partial charge in [-0.05, 0) is 87.0 Å². The first kappa shape index (κ1) is 26.1. The molecule has 0 amide bonds. The summed E-state index contributed by atoms with van der Waals surface area (Å²) in [5.74, 6) is 2.56. The van der Waals surface area contributed by atoms with Crippen LogP contribution in [0.3, 0.4) is 0 Å². The van der Waals surface area contributed by atoms with Crippen LogP contribution in [0.2, 0.25) is 5.02 Å². The fraction of sp³-hybridized carbons (Fsp3) is 0.576. The van der Waals surface area contributed by atoms with E-state index in [-0.39, 0.29) is 11.0 Å². The van der Waals surface area contributed by atoms with Gasteiger partial charge >= 0.3 is 0 Å². The van der Waals surface area contributed by atoms with Gasteiger partial charge in [-0.15, -0.1) is 0 Å². The van der Waals surface area contributed by atoms with E-state index in [1.807, 2.05) is 12.1 Å². The molecule has 2 aromatic carbocycles. The fourth-order valence-corrected chi connectivity index (χ4v) is 7.85. The highest BCUT2D eigenvalue weighted by Crippen LogP contribution is 2.52. The summed E-state index contributed by atoms with van der Waals surface area (Å²) in [6.45, 7) is 4.66. The summed E-state index contributed by atoms with van der Waals surface area (Å²) in [5, 5.41) is 1.03. The Morgan fingerprint density at radius 2 is 1.63 bits per heavy atom. The minimum Gasteiger partial charge on any atom is -0.306 e. The smallest absolute Gasteiger partial charge is 0.282 e. The van der Waals surface area contributed by atoms with Crippen molar-refractivity contribution in [2.75, 3.05) is 20.1 Å². The third-order valence-electron chi connectivity index (χ3n) is 9.86. The van der Waals surface area contributed by atoms with Gasteiger partial charge in [0.1, 0.15) is 5.82 Å². The van der Waals surface area contributed by atoms with Crippen molar-refractivity contribution in [3.8, 4) is 5.69 Å². The Labute approximate surface area is 232 Å². The Bertz CT molecular complexity index is 1360. The Hall–Kier alpha value is -2.17. The predicted molar refractivity (Wildman–Crippen MR) is 158 cm³/mol. The lowest BCUT2D eigenvalue weighted by Gasteiger charge is -2.34. The molecule has 4 aliphatic rings. The van der Waals surface area contributed by atoms with Crippen LogP contribution in [0.1, 0.15) is 107 Å². The molecule has 0 atom stereocenters. The molecule has 0 unspecified atom stereocenters. The summed E-state index contributed by atoms with van der Waals surface area (Å²) in [7, 11) is 2.21. The number of hydrogen-bond donors (Lipinski definition) is 0. The zero-order valence-corrected chi connectivity index (χ0v) is 23.9. The number of fused-ring (bicyclic) bond motifs is 7. The van der Waals surface area contributed by atoms with Crippen molar-refractivity contribution in [1.82, 2.24) is 14.5 Å². The van der Waals surface area contributed by atoms with E-state index < -0.39 is 0 Å². The first-order valence-corrected chi connectivity index (χ1v) is 15.4. The molecule has 4 nitrogen and oxygen atoms in total. The molecule has 0 N–H and O–H groups in total. The van der Waals surface area contributed by atoms with Crippen LogP contribution in [0.4, 0.5) is 0 Å². The Morgan fingerprint density at radius 3 is 2.32 bits per heavy atom. The second-order valence-corrected chi connectivity index (χ2v) is 12.9. The first-order chi connectivity index (χ1) is 18.5. The molecule has 1 spiro atoms. The van der Waals surface area contributed by atoms with Crippen molar-refractivity contribution in [3.05, 3.63) is 68.7 Å². The molecule has 0 bridgehead atoms. The van der Waals surface area contributed by atoms with Crippen molar-refractivity contribution < 1.29 is 0 Å². The van der Waals surface area contributed by atoms with Gasteiger partial charge in [-0.25, -0.2) is 0 Å². The molecule has 7 rings (SSSR count). The fourth-order valence-electron chi connectivity index (χ4n) is 7.60. The molecule has 3 heterocycles. The SMILES string of the molecule is CC1CCCCC1.CN1CCC(c2ccc3c(c2)-n2c(nc(=O)c4c(Cl)cccc42)C32CCCCC2)CC1.